The van der Waals surface area contributed by atoms with E-state index in [0.717, 1.165) is 38.3 Å². The number of hydrogen-bond donors (Lipinski definition) is 0. The van der Waals surface area contributed by atoms with Gasteiger partial charge < -0.3 is 9.64 Å². The molecule has 0 aliphatic carbocycles. The lowest BCUT2D eigenvalue weighted by Crippen LogP contribution is -2.40. The fourth-order valence-electron chi connectivity index (χ4n) is 2.72. The van der Waals surface area contributed by atoms with Crippen LogP contribution in [-0.4, -0.2) is 42.4 Å². The molecule has 22 heavy (non-hydrogen) atoms. The summed E-state index contributed by atoms with van der Waals surface area (Å²) in [5.74, 6) is 1.68. The lowest BCUT2D eigenvalue weighted by Gasteiger charge is -2.29. The average Bonchev–Trinajstić information content (AvgIpc) is 2.55. The van der Waals surface area contributed by atoms with Crippen molar-refractivity contribution in [1.29, 1.82) is 0 Å². The predicted molar refractivity (Wildman–Crippen MR) is 93.2 cm³/mol. The van der Waals surface area contributed by atoms with Crippen molar-refractivity contribution < 1.29 is 9.53 Å². The summed E-state index contributed by atoms with van der Waals surface area (Å²) in [7, 11) is 0. The molecule has 4 heteroatoms. The Morgan fingerprint density at radius 2 is 2.18 bits per heavy atom. The minimum absolute atomic E-state index is 0.232. The third-order valence-corrected chi connectivity index (χ3v) is 5.14. The summed E-state index contributed by atoms with van der Waals surface area (Å²) in [5, 5.41) is 0. The number of ether oxygens (including phenoxy) is 1. The van der Waals surface area contributed by atoms with Gasteiger partial charge in [0, 0.05) is 25.4 Å². The van der Waals surface area contributed by atoms with E-state index in [1.165, 1.54) is 17.5 Å². The SMILES string of the molecule is CCN(CC1CCCCO1)C(=O)CSCc1ccccc1C. The molecule has 1 atom stereocenters. The zero-order chi connectivity index (χ0) is 15.8. The molecular formula is C18H27NO2S. The van der Waals surface area contributed by atoms with Gasteiger partial charge in [-0.3, -0.25) is 4.79 Å². The van der Waals surface area contributed by atoms with E-state index in [0.29, 0.717) is 5.75 Å². The van der Waals surface area contributed by atoms with Gasteiger partial charge in [-0.05, 0) is 44.2 Å². The first-order valence-corrected chi connectivity index (χ1v) is 9.37. The van der Waals surface area contributed by atoms with Gasteiger partial charge in [0.05, 0.1) is 11.9 Å². The van der Waals surface area contributed by atoms with Crippen LogP contribution in [0.2, 0.25) is 0 Å². The number of likely N-dealkylation sites (N-methyl/N-ethyl adjacent to an activating group) is 1. The topological polar surface area (TPSA) is 29.5 Å². The van der Waals surface area contributed by atoms with Crippen LogP contribution in [0.25, 0.3) is 0 Å². The molecule has 1 aromatic rings. The maximum absolute atomic E-state index is 12.4. The van der Waals surface area contributed by atoms with Gasteiger partial charge in [0.15, 0.2) is 0 Å². The minimum Gasteiger partial charge on any atom is -0.376 e. The number of rotatable bonds is 7. The lowest BCUT2D eigenvalue weighted by molar-refractivity contribution is -0.130. The van der Waals surface area contributed by atoms with Crippen molar-refractivity contribution in [3.63, 3.8) is 0 Å². The molecule has 122 valence electrons. The molecule has 1 aromatic carbocycles. The molecule has 0 radical (unpaired) electrons. The molecular weight excluding hydrogens is 294 g/mol. The monoisotopic (exact) mass is 321 g/mol. The Bertz CT molecular complexity index is 472. The van der Waals surface area contributed by atoms with Crippen LogP contribution in [0, 0.1) is 6.92 Å². The van der Waals surface area contributed by atoms with Gasteiger partial charge in [-0.25, -0.2) is 0 Å². The molecule has 1 fully saturated rings. The quantitative estimate of drug-likeness (QED) is 0.768. The fourth-order valence-corrected chi connectivity index (χ4v) is 3.72. The molecule has 1 aliphatic heterocycles. The summed E-state index contributed by atoms with van der Waals surface area (Å²) >= 11 is 1.70. The number of aryl methyl sites for hydroxylation is 1. The highest BCUT2D eigenvalue weighted by Gasteiger charge is 2.20. The number of benzene rings is 1. The van der Waals surface area contributed by atoms with Gasteiger partial charge in [-0.2, -0.15) is 0 Å². The van der Waals surface area contributed by atoms with E-state index in [9.17, 15) is 4.79 Å². The zero-order valence-electron chi connectivity index (χ0n) is 13.7. The van der Waals surface area contributed by atoms with Crippen LogP contribution in [0.15, 0.2) is 24.3 Å². The van der Waals surface area contributed by atoms with Crippen LogP contribution in [0.1, 0.15) is 37.3 Å². The fraction of sp³-hybridized carbons (Fsp3) is 0.611. The summed E-state index contributed by atoms with van der Waals surface area (Å²) in [6, 6.07) is 8.37. The molecule has 3 nitrogen and oxygen atoms in total. The van der Waals surface area contributed by atoms with Gasteiger partial charge in [0.25, 0.3) is 0 Å². The maximum Gasteiger partial charge on any atom is 0.232 e. The minimum atomic E-state index is 0.232. The molecule has 2 rings (SSSR count). The van der Waals surface area contributed by atoms with Crippen molar-refractivity contribution in [3.8, 4) is 0 Å². The molecule has 1 amide bonds. The van der Waals surface area contributed by atoms with E-state index >= 15 is 0 Å². The highest BCUT2D eigenvalue weighted by molar-refractivity contribution is 7.99. The highest BCUT2D eigenvalue weighted by atomic mass is 32.2. The van der Waals surface area contributed by atoms with Gasteiger partial charge in [0.2, 0.25) is 5.91 Å². The molecule has 0 N–H and O–H groups in total. The lowest BCUT2D eigenvalue weighted by atomic mass is 10.1. The largest absolute Gasteiger partial charge is 0.376 e. The number of carbonyl (C=O) groups is 1. The Labute approximate surface area is 138 Å². The third-order valence-electron chi connectivity index (χ3n) is 4.18. The second kappa shape index (κ2) is 9.21. The zero-order valence-corrected chi connectivity index (χ0v) is 14.5. The van der Waals surface area contributed by atoms with E-state index in [1.54, 1.807) is 11.8 Å². The number of thioether (sulfide) groups is 1. The smallest absolute Gasteiger partial charge is 0.232 e. The van der Waals surface area contributed by atoms with Gasteiger partial charge in [-0.15, -0.1) is 11.8 Å². The first-order valence-electron chi connectivity index (χ1n) is 8.22. The summed E-state index contributed by atoms with van der Waals surface area (Å²) in [5.41, 5.74) is 2.62. The highest BCUT2D eigenvalue weighted by Crippen LogP contribution is 2.18. The van der Waals surface area contributed by atoms with Crippen LogP contribution in [0.4, 0.5) is 0 Å². The van der Waals surface area contributed by atoms with E-state index in [2.05, 4.69) is 31.2 Å². The normalized spacial score (nSPS) is 18.2. The van der Waals surface area contributed by atoms with E-state index in [1.807, 2.05) is 11.8 Å². The summed E-state index contributed by atoms with van der Waals surface area (Å²) in [4.78, 5) is 14.3. The Balaban J connectivity index is 1.75. The van der Waals surface area contributed by atoms with Crippen molar-refractivity contribution in [2.24, 2.45) is 0 Å². The third kappa shape index (κ3) is 5.33. The Kier molecular flexibility index (Phi) is 7.26. The molecule has 0 bridgehead atoms. The first-order chi connectivity index (χ1) is 10.7. The first kappa shape index (κ1) is 17.4. The standard InChI is InChI=1S/C18H27NO2S/c1-3-19(12-17-10-6-7-11-21-17)18(20)14-22-13-16-9-5-4-8-15(16)2/h4-5,8-9,17H,3,6-7,10-14H2,1-2H3. The van der Waals surface area contributed by atoms with E-state index < -0.39 is 0 Å². The summed E-state index contributed by atoms with van der Waals surface area (Å²) < 4.78 is 5.75. The van der Waals surface area contributed by atoms with Crippen LogP contribution in [0.3, 0.4) is 0 Å². The predicted octanol–water partition coefficient (Wildman–Crippen LogP) is 3.65. The van der Waals surface area contributed by atoms with Gasteiger partial charge >= 0.3 is 0 Å². The van der Waals surface area contributed by atoms with E-state index in [-0.39, 0.29) is 12.0 Å². The second-order valence-electron chi connectivity index (χ2n) is 5.84. The average molecular weight is 321 g/mol. The molecule has 1 unspecified atom stereocenters. The van der Waals surface area contributed by atoms with Crippen LogP contribution < -0.4 is 0 Å². The van der Waals surface area contributed by atoms with Gasteiger partial charge in [0.1, 0.15) is 0 Å². The van der Waals surface area contributed by atoms with E-state index in [4.69, 9.17) is 4.74 Å². The number of hydrogen-bond acceptors (Lipinski definition) is 3. The number of amides is 1. The van der Waals surface area contributed by atoms with Crippen molar-refractivity contribution in [2.45, 2.75) is 45.0 Å². The van der Waals surface area contributed by atoms with Crippen molar-refractivity contribution in [2.75, 3.05) is 25.4 Å². The maximum atomic E-state index is 12.4. The molecule has 1 saturated heterocycles. The number of carbonyl (C=O) groups excluding carboxylic acids is 1. The van der Waals surface area contributed by atoms with Crippen LogP contribution in [0.5, 0.6) is 0 Å². The van der Waals surface area contributed by atoms with Crippen molar-refractivity contribution in [1.82, 2.24) is 4.90 Å². The van der Waals surface area contributed by atoms with Crippen LogP contribution >= 0.6 is 11.8 Å². The molecule has 1 heterocycles. The summed E-state index contributed by atoms with van der Waals surface area (Å²) in [6.07, 6.45) is 3.69. The Morgan fingerprint density at radius 1 is 1.36 bits per heavy atom. The molecule has 0 saturated carbocycles. The molecule has 1 aliphatic rings. The summed E-state index contributed by atoms with van der Waals surface area (Å²) in [6.45, 7) is 6.53. The molecule has 0 spiro atoms. The second-order valence-corrected chi connectivity index (χ2v) is 6.83. The molecule has 0 aromatic heterocycles. The van der Waals surface area contributed by atoms with Gasteiger partial charge in [-0.1, -0.05) is 24.3 Å². The Morgan fingerprint density at radius 3 is 2.86 bits per heavy atom. The Hall–Kier alpha value is -1.00. The number of nitrogens with zero attached hydrogens (tertiary/aromatic N) is 1. The van der Waals surface area contributed by atoms with Crippen molar-refractivity contribution >= 4 is 17.7 Å². The van der Waals surface area contributed by atoms with Crippen molar-refractivity contribution in [3.05, 3.63) is 35.4 Å². The van der Waals surface area contributed by atoms with Crippen LogP contribution in [-0.2, 0) is 15.3 Å².